The van der Waals surface area contributed by atoms with Crippen molar-refractivity contribution in [2.45, 2.75) is 6.54 Å². The minimum Gasteiger partial charge on any atom is -0.478 e. The Morgan fingerprint density at radius 1 is 1.05 bits per heavy atom. The third-order valence-electron chi connectivity index (χ3n) is 2.72. The second-order valence-electron chi connectivity index (χ2n) is 4.06. The second-order valence-corrected chi connectivity index (χ2v) is 6.62. The summed E-state index contributed by atoms with van der Waals surface area (Å²) in [6, 6.07) is 10.8. The number of benzene rings is 2. The molecule has 0 amide bonds. The topological polar surface area (TPSA) is 49.3 Å². The van der Waals surface area contributed by atoms with E-state index in [9.17, 15) is 4.79 Å². The molecule has 0 fully saturated rings. The first-order valence-corrected chi connectivity index (χ1v) is 8.06. The Kier molecular flexibility index (Phi) is 5.23. The zero-order chi connectivity index (χ0) is 14.7. The van der Waals surface area contributed by atoms with Gasteiger partial charge in [-0.05, 0) is 61.7 Å². The molecule has 2 rings (SSSR count). The summed E-state index contributed by atoms with van der Waals surface area (Å²) in [5.74, 6) is -0.932. The quantitative estimate of drug-likeness (QED) is 0.648. The van der Waals surface area contributed by atoms with Gasteiger partial charge in [0, 0.05) is 20.0 Å². The summed E-state index contributed by atoms with van der Waals surface area (Å²) in [5, 5.41) is 12.2. The molecule has 0 aliphatic rings. The number of carbonyl (C=O) groups is 1. The zero-order valence-electron chi connectivity index (χ0n) is 10.2. The van der Waals surface area contributed by atoms with Crippen molar-refractivity contribution in [2.75, 3.05) is 5.32 Å². The van der Waals surface area contributed by atoms with E-state index in [1.807, 2.05) is 18.2 Å². The summed E-state index contributed by atoms with van der Waals surface area (Å²) < 4.78 is 2.70. The number of rotatable bonds is 4. The number of nitrogens with one attached hydrogen (secondary N) is 1. The lowest BCUT2D eigenvalue weighted by molar-refractivity contribution is 0.0697. The number of carboxylic acid groups (broad SMARTS) is 1. The highest BCUT2D eigenvalue weighted by Gasteiger charge is 2.08. The van der Waals surface area contributed by atoms with Crippen molar-refractivity contribution in [2.24, 2.45) is 0 Å². The highest BCUT2D eigenvalue weighted by molar-refractivity contribution is 9.11. The minimum atomic E-state index is -0.932. The SMILES string of the molecule is O=C(O)c1ccc(CNc2c(Br)cccc2Br)c(Br)c1. The number of halogens is 3. The van der Waals surface area contributed by atoms with Crippen LogP contribution >= 0.6 is 47.8 Å². The molecule has 20 heavy (non-hydrogen) atoms. The second kappa shape index (κ2) is 6.74. The van der Waals surface area contributed by atoms with E-state index < -0.39 is 5.97 Å². The molecule has 0 aliphatic carbocycles. The first kappa shape index (κ1) is 15.5. The van der Waals surface area contributed by atoms with Gasteiger partial charge in [-0.15, -0.1) is 0 Å². The van der Waals surface area contributed by atoms with E-state index in [-0.39, 0.29) is 5.56 Å². The van der Waals surface area contributed by atoms with Crippen molar-refractivity contribution in [1.82, 2.24) is 0 Å². The van der Waals surface area contributed by atoms with Crippen LogP contribution in [0.3, 0.4) is 0 Å². The number of carboxylic acids is 1. The molecule has 2 aromatic rings. The summed E-state index contributed by atoms with van der Waals surface area (Å²) >= 11 is 10.4. The maximum atomic E-state index is 10.9. The Labute approximate surface area is 141 Å². The summed E-state index contributed by atoms with van der Waals surface area (Å²) in [7, 11) is 0. The summed E-state index contributed by atoms with van der Waals surface area (Å²) in [6.07, 6.45) is 0. The smallest absolute Gasteiger partial charge is 0.335 e. The Bertz CT molecular complexity index is 639. The van der Waals surface area contributed by atoms with Crippen LogP contribution in [0.15, 0.2) is 49.8 Å². The molecular formula is C14H10Br3NO2. The molecule has 2 N–H and O–H groups in total. The van der Waals surface area contributed by atoms with Crippen molar-refractivity contribution < 1.29 is 9.90 Å². The molecule has 0 saturated heterocycles. The number of anilines is 1. The molecule has 0 saturated carbocycles. The van der Waals surface area contributed by atoms with Crippen molar-refractivity contribution in [3.05, 3.63) is 60.9 Å². The van der Waals surface area contributed by atoms with Gasteiger partial charge in [-0.1, -0.05) is 28.1 Å². The van der Waals surface area contributed by atoms with Crippen molar-refractivity contribution >= 4 is 59.4 Å². The van der Waals surface area contributed by atoms with Gasteiger partial charge in [0.1, 0.15) is 0 Å². The Morgan fingerprint density at radius 3 is 2.25 bits per heavy atom. The Balaban J connectivity index is 2.17. The lowest BCUT2D eigenvalue weighted by Crippen LogP contribution is -2.03. The van der Waals surface area contributed by atoms with Gasteiger partial charge in [-0.25, -0.2) is 4.79 Å². The highest BCUT2D eigenvalue weighted by Crippen LogP contribution is 2.31. The van der Waals surface area contributed by atoms with E-state index in [1.165, 1.54) is 0 Å². The van der Waals surface area contributed by atoms with Crippen molar-refractivity contribution in [3.8, 4) is 0 Å². The largest absolute Gasteiger partial charge is 0.478 e. The van der Waals surface area contributed by atoms with Gasteiger partial charge in [0.15, 0.2) is 0 Å². The maximum Gasteiger partial charge on any atom is 0.335 e. The van der Waals surface area contributed by atoms with Crippen LogP contribution in [0.4, 0.5) is 5.69 Å². The molecule has 0 aliphatic heterocycles. The van der Waals surface area contributed by atoms with E-state index in [4.69, 9.17) is 5.11 Å². The molecule has 0 heterocycles. The minimum absolute atomic E-state index is 0.266. The molecule has 0 radical (unpaired) electrons. The fourth-order valence-corrected chi connectivity index (χ4v) is 3.47. The lowest BCUT2D eigenvalue weighted by atomic mass is 10.1. The molecule has 0 spiro atoms. The number of para-hydroxylation sites is 1. The van der Waals surface area contributed by atoms with Crippen LogP contribution in [0.5, 0.6) is 0 Å². The van der Waals surface area contributed by atoms with Gasteiger partial charge < -0.3 is 10.4 Å². The summed E-state index contributed by atoms with van der Waals surface area (Å²) in [4.78, 5) is 10.9. The fourth-order valence-electron chi connectivity index (χ4n) is 1.67. The van der Waals surface area contributed by atoms with E-state index in [0.717, 1.165) is 24.7 Å². The maximum absolute atomic E-state index is 10.9. The monoisotopic (exact) mass is 461 g/mol. The van der Waals surface area contributed by atoms with E-state index >= 15 is 0 Å². The van der Waals surface area contributed by atoms with E-state index in [1.54, 1.807) is 18.2 Å². The molecular weight excluding hydrogens is 454 g/mol. The average molecular weight is 464 g/mol. The van der Waals surface area contributed by atoms with Gasteiger partial charge in [-0.3, -0.25) is 0 Å². The number of hydrogen-bond donors (Lipinski definition) is 2. The van der Waals surface area contributed by atoms with Gasteiger partial charge in [-0.2, -0.15) is 0 Å². The summed E-state index contributed by atoms with van der Waals surface area (Å²) in [5.41, 5.74) is 2.21. The molecule has 0 unspecified atom stereocenters. The van der Waals surface area contributed by atoms with Gasteiger partial charge >= 0.3 is 5.97 Å². The Hall–Kier alpha value is -0.850. The van der Waals surface area contributed by atoms with Gasteiger partial charge in [0.25, 0.3) is 0 Å². The van der Waals surface area contributed by atoms with Gasteiger partial charge in [0.2, 0.25) is 0 Å². The first-order chi connectivity index (χ1) is 9.49. The molecule has 6 heteroatoms. The van der Waals surface area contributed by atoms with Crippen LogP contribution in [0.1, 0.15) is 15.9 Å². The Morgan fingerprint density at radius 2 is 1.70 bits per heavy atom. The van der Waals surface area contributed by atoms with Crippen LogP contribution in [0.2, 0.25) is 0 Å². The highest BCUT2D eigenvalue weighted by atomic mass is 79.9. The normalized spacial score (nSPS) is 10.3. The van der Waals surface area contributed by atoms with Gasteiger partial charge in [0.05, 0.1) is 11.3 Å². The number of aromatic carboxylic acids is 1. The van der Waals surface area contributed by atoms with Crippen molar-refractivity contribution in [1.29, 1.82) is 0 Å². The lowest BCUT2D eigenvalue weighted by Gasteiger charge is -2.12. The standard InChI is InChI=1S/C14H10Br3NO2/c15-10-2-1-3-11(16)13(10)18-7-9-5-4-8(14(19)20)6-12(9)17/h1-6,18H,7H2,(H,19,20). The molecule has 2 aromatic carbocycles. The van der Waals surface area contributed by atoms with Crippen LogP contribution in [0.25, 0.3) is 0 Å². The fraction of sp³-hybridized carbons (Fsp3) is 0.0714. The third kappa shape index (κ3) is 3.62. The van der Waals surface area contributed by atoms with Crippen molar-refractivity contribution in [3.63, 3.8) is 0 Å². The predicted molar refractivity (Wildman–Crippen MR) is 90.3 cm³/mol. The van der Waals surface area contributed by atoms with Crippen LogP contribution in [-0.2, 0) is 6.54 Å². The molecule has 3 nitrogen and oxygen atoms in total. The molecule has 0 bridgehead atoms. The van der Waals surface area contributed by atoms with Crippen LogP contribution < -0.4 is 5.32 Å². The predicted octanol–water partition coefficient (Wildman–Crippen LogP) is 5.28. The third-order valence-corrected chi connectivity index (χ3v) is 4.78. The first-order valence-electron chi connectivity index (χ1n) is 5.68. The molecule has 0 aromatic heterocycles. The van der Waals surface area contributed by atoms with Crippen LogP contribution in [0, 0.1) is 0 Å². The average Bonchev–Trinajstić information content (AvgIpc) is 2.39. The zero-order valence-corrected chi connectivity index (χ0v) is 14.9. The van der Waals surface area contributed by atoms with E-state index in [2.05, 4.69) is 53.1 Å². The molecule has 0 atom stereocenters. The van der Waals surface area contributed by atoms with Crippen LogP contribution in [-0.4, -0.2) is 11.1 Å². The number of hydrogen-bond acceptors (Lipinski definition) is 2. The molecule has 104 valence electrons. The van der Waals surface area contributed by atoms with E-state index in [0.29, 0.717) is 6.54 Å². The summed E-state index contributed by atoms with van der Waals surface area (Å²) in [6.45, 7) is 0.585.